The fourth-order valence-electron chi connectivity index (χ4n) is 4.10. The van der Waals surface area contributed by atoms with Crippen LogP contribution in [0.4, 0.5) is 4.79 Å². The van der Waals surface area contributed by atoms with Crippen LogP contribution in [0.1, 0.15) is 37.7 Å². The molecule has 0 aliphatic heterocycles. The van der Waals surface area contributed by atoms with Gasteiger partial charge >= 0.3 is 12.1 Å². The zero-order valence-electron chi connectivity index (χ0n) is 13.1. The van der Waals surface area contributed by atoms with Crippen LogP contribution in [0.15, 0.2) is 30.3 Å². The molecule has 3 rings (SSSR count). The second-order valence-corrected chi connectivity index (χ2v) is 6.77. The number of hydrogen-bond acceptors (Lipinski definition) is 3. The lowest BCUT2D eigenvalue weighted by Crippen LogP contribution is -2.42. The highest BCUT2D eigenvalue weighted by Crippen LogP contribution is 2.49. The molecule has 0 radical (unpaired) electrons. The van der Waals surface area contributed by atoms with Gasteiger partial charge in [0.25, 0.3) is 0 Å². The average Bonchev–Trinajstić information content (AvgIpc) is 3.16. The third-order valence-electron chi connectivity index (χ3n) is 5.23. The second-order valence-electron chi connectivity index (χ2n) is 6.77. The number of carbonyl (C=O) groups excluding carboxylic acids is 1. The van der Waals surface area contributed by atoms with Crippen molar-refractivity contribution in [1.82, 2.24) is 5.32 Å². The summed E-state index contributed by atoms with van der Waals surface area (Å²) in [5, 5.41) is 11.9. The Morgan fingerprint density at radius 2 is 2.00 bits per heavy atom. The molecular formula is C18H23NO4. The molecule has 5 nitrogen and oxygen atoms in total. The van der Waals surface area contributed by atoms with Crippen molar-refractivity contribution >= 4 is 12.1 Å². The average molecular weight is 317 g/mol. The van der Waals surface area contributed by atoms with E-state index in [1.807, 2.05) is 30.3 Å². The fraction of sp³-hybridized carbons (Fsp3) is 0.556. The molecule has 2 bridgehead atoms. The molecule has 0 heterocycles. The van der Waals surface area contributed by atoms with Gasteiger partial charge in [0.05, 0.1) is 0 Å². The van der Waals surface area contributed by atoms with Crippen LogP contribution < -0.4 is 5.32 Å². The molecule has 4 atom stereocenters. The molecule has 2 saturated carbocycles. The first-order chi connectivity index (χ1) is 11.1. The highest BCUT2D eigenvalue weighted by atomic mass is 16.5. The van der Waals surface area contributed by atoms with Gasteiger partial charge in [-0.3, -0.25) is 0 Å². The van der Waals surface area contributed by atoms with Crippen LogP contribution in [-0.4, -0.2) is 23.2 Å². The molecule has 2 fully saturated rings. The molecule has 4 unspecified atom stereocenters. The van der Waals surface area contributed by atoms with E-state index in [0.29, 0.717) is 18.3 Å². The Kier molecular flexibility index (Phi) is 4.84. The zero-order valence-corrected chi connectivity index (χ0v) is 13.1. The summed E-state index contributed by atoms with van der Waals surface area (Å²) in [6.45, 7) is 0.146. The van der Waals surface area contributed by atoms with E-state index in [1.54, 1.807) is 0 Å². The van der Waals surface area contributed by atoms with Crippen LogP contribution in [0.25, 0.3) is 0 Å². The van der Waals surface area contributed by atoms with Gasteiger partial charge < -0.3 is 15.2 Å². The number of carbonyl (C=O) groups is 2. The van der Waals surface area contributed by atoms with E-state index in [1.165, 1.54) is 19.3 Å². The Bertz CT molecular complexity index is 559. The number of rotatable bonds is 6. The molecule has 0 spiro atoms. The van der Waals surface area contributed by atoms with E-state index in [-0.39, 0.29) is 6.61 Å². The van der Waals surface area contributed by atoms with Crippen LogP contribution in [0, 0.1) is 17.8 Å². The summed E-state index contributed by atoms with van der Waals surface area (Å²) in [5.41, 5.74) is 0.877. The first-order valence-electron chi connectivity index (χ1n) is 8.32. The van der Waals surface area contributed by atoms with E-state index >= 15 is 0 Å². The maximum atomic E-state index is 11.9. The Morgan fingerprint density at radius 1 is 1.22 bits per heavy atom. The summed E-state index contributed by atoms with van der Waals surface area (Å²) in [6.07, 6.45) is 4.68. The first kappa shape index (κ1) is 15.8. The molecule has 2 N–H and O–H groups in total. The number of alkyl carbamates (subject to hydrolysis) is 1. The number of nitrogens with one attached hydrogen (secondary N) is 1. The summed E-state index contributed by atoms with van der Waals surface area (Å²) in [6, 6.07) is 8.48. The van der Waals surface area contributed by atoms with E-state index < -0.39 is 18.1 Å². The van der Waals surface area contributed by atoms with Crippen LogP contribution in [-0.2, 0) is 16.1 Å². The van der Waals surface area contributed by atoms with Gasteiger partial charge in [-0.2, -0.15) is 0 Å². The van der Waals surface area contributed by atoms with Gasteiger partial charge in [0.15, 0.2) is 0 Å². The van der Waals surface area contributed by atoms with Crippen molar-refractivity contribution in [3.8, 4) is 0 Å². The number of carboxylic acid groups (broad SMARTS) is 1. The molecule has 23 heavy (non-hydrogen) atoms. The quantitative estimate of drug-likeness (QED) is 0.845. The monoisotopic (exact) mass is 317 g/mol. The minimum absolute atomic E-state index is 0.146. The van der Waals surface area contributed by atoms with Crippen molar-refractivity contribution < 1.29 is 19.4 Å². The lowest BCUT2D eigenvalue weighted by atomic mass is 9.84. The molecular weight excluding hydrogens is 294 g/mol. The van der Waals surface area contributed by atoms with Gasteiger partial charge in [-0.15, -0.1) is 0 Å². The van der Waals surface area contributed by atoms with Crippen molar-refractivity contribution in [2.45, 2.75) is 44.8 Å². The third-order valence-corrected chi connectivity index (χ3v) is 5.23. The van der Waals surface area contributed by atoms with Crippen LogP contribution >= 0.6 is 0 Å². The highest BCUT2D eigenvalue weighted by molar-refractivity contribution is 5.79. The normalized spacial score (nSPS) is 26.7. The van der Waals surface area contributed by atoms with Gasteiger partial charge in [-0.05, 0) is 49.0 Å². The van der Waals surface area contributed by atoms with Gasteiger partial charge in [-0.1, -0.05) is 36.8 Å². The number of carboxylic acids is 1. The fourth-order valence-corrected chi connectivity index (χ4v) is 4.10. The number of amides is 1. The number of aliphatic carboxylic acids is 1. The predicted molar refractivity (Wildman–Crippen MR) is 84.7 cm³/mol. The van der Waals surface area contributed by atoms with Crippen LogP contribution in [0.5, 0.6) is 0 Å². The molecule has 0 aromatic heterocycles. The predicted octanol–water partition coefficient (Wildman–Crippen LogP) is 3.19. The Hall–Kier alpha value is -2.04. The van der Waals surface area contributed by atoms with Gasteiger partial charge in [0, 0.05) is 0 Å². The lowest BCUT2D eigenvalue weighted by molar-refractivity contribution is -0.140. The van der Waals surface area contributed by atoms with Gasteiger partial charge in [0.1, 0.15) is 12.6 Å². The molecule has 0 saturated heterocycles. The molecule has 1 amide bonds. The largest absolute Gasteiger partial charge is 0.480 e. The van der Waals surface area contributed by atoms with E-state index in [0.717, 1.165) is 17.9 Å². The maximum absolute atomic E-state index is 11.9. The van der Waals surface area contributed by atoms with Crippen molar-refractivity contribution in [3.05, 3.63) is 35.9 Å². The molecule has 124 valence electrons. The second kappa shape index (κ2) is 7.02. The van der Waals surface area contributed by atoms with Crippen LogP contribution in [0.2, 0.25) is 0 Å². The first-order valence-corrected chi connectivity index (χ1v) is 8.32. The minimum Gasteiger partial charge on any atom is -0.480 e. The standard InChI is InChI=1S/C18H23NO4/c20-17(21)16(10-15-9-13-6-7-14(15)8-13)19-18(22)23-11-12-4-2-1-3-5-12/h1-5,13-16H,6-11H2,(H,19,22)(H,20,21). The topological polar surface area (TPSA) is 75.6 Å². The van der Waals surface area contributed by atoms with Crippen molar-refractivity contribution in [2.75, 3.05) is 0 Å². The summed E-state index contributed by atoms with van der Waals surface area (Å²) in [5.74, 6) is 0.849. The van der Waals surface area contributed by atoms with Crippen molar-refractivity contribution in [2.24, 2.45) is 17.8 Å². The SMILES string of the molecule is O=C(NC(CC1CC2CCC1C2)C(=O)O)OCc1ccccc1. The molecule has 5 heteroatoms. The number of ether oxygens (including phenoxy) is 1. The summed E-state index contributed by atoms with van der Waals surface area (Å²) in [4.78, 5) is 23.3. The summed E-state index contributed by atoms with van der Waals surface area (Å²) < 4.78 is 5.12. The Labute approximate surface area is 136 Å². The molecule has 1 aromatic rings. The number of benzene rings is 1. The van der Waals surface area contributed by atoms with Gasteiger partial charge in [0.2, 0.25) is 0 Å². The molecule has 2 aliphatic carbocycles. The Morgan fingerprint density at radius 3 is 2.61 bits per heavy atom. The Balaban J connectivity index is 1.48. The van der Waals surface area contributed by atoms with Crippen LogP contribution in [0.3, 0.4) is 0 Å². The smallest absolute Gasteiger partial charge is 0.408 e. The minimum atomic E-state index is -0.982. The van der Waals surface area contributed by atoms with E-state index in [4.69, 9.17) is 4.74 Å². The number of hydrogen-bond donors (Lipinski definition) is 2. The number of fused-ring (bicyclic) bond motifs is 2. The molecule has 1 aromatic carbocycles. The van der Waals surface area contributed by atoms with Crippen molar-refractivity contribution in [3.63, 3.8) is 0 Å². The highest BCUT2D eigenvalue weighted by Gasteiger charge is 2.41. The maximum Gasteiger partial charge on any atom is 0.408 e. The van der Waals surface area contributed by atoms with E-state index in [2.05, 4.69) is 5.32 Å². The molecule has 2 aliphatic rings. The summed E-state index contributed by atoms with van der Waals surface area (Å²) in [7, 11) is 0. The zero-order chi connectivity index (χ0) is 16.2. The lowest BCUT2D eigenvalue weighted by Gasteiger charge is -2.25. The summed E-state index contributed by atoms with van der Waals surface area (Å²) >= 11 is 0. The van der Waals surface area contributed by atoms with Crippen molar-refractivity contribution in [1.29, 1.82) is 0 Å². The van der Waals surface area contributed by atoms with E-state index in [9.17, 15) is 14.7 Å². The third kappa shape index (κ3) is 4.03. The van der Waals surface area contributed by atoms with Gasteiger partial charge in [-0.25, -0.2) is 9.59 Å².